The summed E-state index contributed by atoms with van der Waals surface area (Å²) in [5.41, 5.74) is 1.96. The molecule has 0 aliphatic rings. The van der Waals surface area contributed by atoms with Gasteiger partial charge in [0.05, 0.1) is 5.69 Å². The number of carbonyl (C=O) groups is 1. The fraction of sp³-hybridized carbons (Fsp3) is 0.222. The molecule has 3 rings (SSSR count). The molecular weight excluding hydrogens is 344 g/mol. The standard InChI is InChI=1S/C18H17F2N3OS/c1-11-8-12(2)23(22-11)16(17-4-3-7-25-17)10-21-18(24)13-5-6-14(19)15(20)9-13/h3-9,16H,10H2,1-2H3,(H,21,24). The third-order valence-corrected chi connectivity index (χ3v) is 4.82. The number of hydrogen-bond donors (Lipinski definition) is 1. The number of amides is 1. The van der Waals surface area contributed by atoms with E-state index in [1.54, 1.807) is 11.3 Å². The van der Waals surface area contributed by atoms with Gasteiger partial charge in [0.2, 0.25) is 0 Å². The molecule has 1 atom stereocenters. The molecule has 1 N–H and O–H groups in total. The van der Waals surface area contributed by atoms with Gasteiger partial charge in [-0.05, 0) is 49.6 Å². The van der Waals surface area contributed by atoms with Gasteiger partial charge < -0.3 is 5.32 Å². The van der Waals surface area contributed by atoms with Gasteiger partial charge in [-0.2, -0.15) is 5.10 Å². The van der Waals surface area contributed by atoms with E-state index in [1.165, 1.54) is 6.07 Å². The zero-order valence-corrected chi connectivity index (χ0v) is 14.6. The van der Waals surface area contributed by atoms with E-state index in [-0.39, 0.29) is 11.6 Å². The summed E-state index contributed by atoms with van der Waals surface area (Å²) in [5, 5.41) is 9.26. The number of aromatic nitrogens is 2. The average molecular weight is 361 g/mol. The van der Waals surface area contributed by atoms with E-state index in [2.05, 4.69) is 10.4 Å². The fourth-order valence-electron chi connectivity index (χ4n) is 2.68. The Morgan fingerprint density at radius 3 is 2.64 bits per heavy atom. The minimum Gasteiger partial charge on any atom is -0.350 e. The van der Waals surface area contributed by atoms with Gasteiger partial charge in [0.15, 0.2) is 11.6 Å². The molecule has 3 aromatic rings. The van der Waals surface area contributed by atoms with Crippen molar-refractivity contribution in [3.05, 3.63) is 75.2 Å². The molecular formula is C18H17F2N3OS. The monoisotopic (exact) mass is 361 g/mol. The average Bonchev–Trinajstić information content (AvgIpc) is 3.20. The molecule has 1 aromatic carbocycles. The number of benzene rings is 1. The summed E-state index contributed by atoms with van der Waals surface area (Å²) < 4.78 is 28.2. The van der Waals surface area contributed by atoms with E-state index in [0.29, 0.717) is 6.54 Å². The first-order valence-electron chi connectivity index (χ1n) is 7.75. The van der Waals surface area contributed by atoms with Gasteiger partial charge in [-0.25, -0.2) is 8.78 Å². The van der Waals surface area contributed by atoms with Crippen molar-refractivity contribution in [1.29, 1.82) is 0 Å². The molecule has 0 fully saturated rings. The third-order valence-electron chi connectivity index (χ3n) is 3.85. The van der Waals surface area contributed by atoms with Crippen LogP contribution in [0.4, 0.5) is 8.78 Å². The fourth-order valence-corrected chi connectivity index (χ4v) is 3.49. The Hall–Kier alpha value is -2.54. The second-order valence-electron chi connectivity index (χ2n) is 5.74. The Balaban J connectivity index is 1.80. The second-order valence-corrected chi connectivity index (χ2v) is 6.72. The van der Waals surface area contributed by atoms with E-state index in [9.17, 15) is 13.6 Å². The van der Waals surface area contributed by atoms with Crippen molar-refractivity contribution in [1.82, 2.24) is 15.1 Å². The summed E-state index contributed by atoms with van der Waals surface area (Å²) >= 11 is 1.57. The Labute approximate surface area is 148 Å². The van der Waals surface area contributed by atoms with Crippen molar-refractivity contribution in [2.45, 2.75) is 19.9 Å². The van der Waals surface area contributed by atoms with Crippen molar-refractivity contribution in [2.75, 3.05) is 6.54 Å². The first-order chi connectivity index (χ1) is 12.0. The predicted molar refractivity (Wildman–Crippen MR) is 92.9 cm³/mol. The molecule has 7 heteroatoms. The minimum atomic E-state index is -1.04. The molecule has 0 aliphatic carbocycles. The van der Waals surface area contributed by atoms with Crippen LogP contribution >= 0.6 is 11.3 Å². The molecule has 130 valence electrons. The summed E-state index contributed by atoms with van der Waals surface area (Å²) in [6.45, 7) is 4.16. The van der Waals surface area contributed by atoms with Crippen LogP contribution in [0.15, 0.2) is 41.8 Å². The summed E-state index contributed by atoms with van der Waals surface area (Å²) in [4.78, 5) is 13.3. The maximum Gasteiger partial charge on any atom is 0.251 e. The van der Waals surface area contributed by atoms with Gasteiger partial charge in [0, 0.05) is 22.7 Å². The van der Waals surface area contributed by atoms with E-state index >= 15 is 0 Å². The van der Waals surface area contributed by atoms with E-state index in [0.717, 1.165) is 28.4 Å². The number of aryl methyl sites for hydroxylation is 2. The Kier molecular flexibility index (Phi) is 4.94. The normalized spacial score (nSPS) is 12.2. The smallest absolute Gasteiger partial charge is 0.251 e. The Morgan fingerprint density at radius 2 is 2.04 bits per heavy atom. The van der Waals surface area contributed by atoms with E-state index in [1.807, 2.05) is 42.1 Å². The molecule has 0 saturated heterocycles. The highest BCUT2D eigenvalue weighted by Gasteiger charge is 2.20. The van der Waals surface area contributed by atoms with Crippen LogP contribution in [-0.4, -0.2) is 22.2 Å². The predicted octanol–water partition coefficient (Wildman–Crippen LogP) is 3.86. The van der Waals surface area contributed by atoms with Crippen LogP contribution in [-0.2, 0) is 0 Å². The summed E-state index contributed by atoms with van der Waals surface area (Å²) in [5.74, 6) is -2.47. The lowest BCUT2D eigenvalue weighted by atomic mass is 10.2. The molecule has 0 radical (unpaired) electrons. The van der Waals surface area contributed by atoms with Crippen LogP contribution in [0.25, 0.3) is 0 Å². The lowest BCUT2D eigenvalue weighted by Gasteiger charge is -2.19. The lowest BCUT2D eigenvalue weighted by molar-refractivity contribution is 0.0948. The van der Waals surface area contributed by atoms with E-state index < -0.39 is 17.5 Å². The lowest BCUT2D eigenvalue weighted by Crippen LogP contribution is -2.32. The molecule has 0 aliphatic heterocycles. The third kappa shape index (κ3) is 3.76. The number of nitrogens with one attached hydrogen (secondary N) is 1. The minimum absolute atomic E-state index is 0.0807. The molecule has 0 spiro atoms. The molecule has 2 heterocycles. The molecule has 1 amide bonds. The number of hydrogen-bond acceptors (Lipinski definition) is 3. The molecule has 25 heavy (non-hydrogen) atoms. The van der Waals surface area contributed by atoms with Gasteiger partial charge in [-0.15, -0.1) is 11.3 Å². The summed E-state index contributed by atoms with van der Waals surface area (Å²) in [6, 6.07) is 8.83. The van der Waals surface area contributed by atoms with Crippen molar-refractivity contribution < 1.29 is 13.6 Å². The van der Waals surface area contributed by atoms with Crippen LogP contribution in [0, 0.1) is 25.5 Å². The van der Waals surface area contributed by atoms with Crippen molar-refractivity contribution in [3.63, 3.8) is 0 Å². The molecule has 2 aromatic heterocycles. The molecule has 0 bridgehead atoms. The van der Waals surface area contributed by atoms with Gasteiger partial charge in [-0.1, -0.05) is 6.07 Å². The zero-order valence-electron chi connectivity index (χ0n) is 13.8. The van der Waals surface area contributed by atoms with Gasteiger partial charge in [0.25, 0.3) is 5.91 Å². The molecule has 4 nitrogen and oxygen atoms in total. The van der Waals surface area contributed by atoms with Crippen molar-refractivity contribution in [2.24, 2.45) is 0 Å². The maximum atomic E-state index is 13.3. The topological polar surface area (TPSA) is 46.9 Å². The van der Waals surface area contributed by atoms with Crippen molar-refractivity contribution in [3.8, 4) is 0 Å². The van der Waals surface area contributed by atoms with Crippen LogP contribution in [0.2, 0.25) is 0 Å². The second kappa shape index (κ2) is 7.14. The maximum absolute atomic E-state index is 13.3. The number of halogens is 2. The zero-order chi connectivity index (χ0) is 18.0. The summed E-state index contributed by atoms with van der Waals surface area (Å²) in [7, 11) is 0. The van der Waals surface area contributed by atoms with Crippen molar-refractivity contribution >= 4 is 17.2 Å². The Morgan fingerprint density at radius 1 is 1.24 bits per heavy atom. The molecule has 1 unspecified atom stereocenters. The highest BCUT2D eigenvalue weighted by molar-refractivity contribution is 7.10. The number of carbonyl (C=O) groups excluding carboxylic acids is 1. The van der Waals surface area contributed by atoms with Crippen LogP contribution < -0.4 is 5.32 Å². The first kappa shape index (κ1) is 17.3. The highest BCUT2D eigenvalue weighted by Crippen LogP contribution is 2.24. The van der Waals surface area contributed by atoms with Gasteiger partial charge in [-0.3, -0.25) is 9.48 Å². The largest absolute Gasteiger partial charge is 0.350 e. The van der Waals surface area contributed by atoms with Crippen LogP contribution in [0.3, 0.4) is 0 Å². The first-order valence-corrected chi connectivity index (χ1v) is 8.63. The summed E-state index contributed by atoms with van der Waals surface area (Å²) in [6.07, 6.45) is 0. The molecule has 0 saturated carbocycles. The quantitative estimate of drug-likeness (QED) is 0.750. The number of nitrogens with zero attached hydrogens (tertiary/aromatic N) is 2. The van der Waals surface area contributed by atoms with E-state index in [4.69, 9.17) is 0 Å². The number of thiophene rings is 1. The number of rotatable bonds is 5. The Bertz CT molecular complexity index is 890. The SMILES string of the molecule is Cc1cc(C)n(C(CNC(=O)c2ccc(F)c(F)c2)c2cccs2)n1. The van der Waals surface area contributed by atoms with Gasteiger partial charge in [0.1, 0.15) is 6.04 Å². The highest BCUT2D eigenvalue weighted by atomic mass is 32.1. The van der Waals surface area contributed by atoms with Crippen LogP contribution in [0.5, 0.6) is 0 Å². The van der Waals surface area contributed by atoms with Gasteiger partial charge >= 0.3 is 0 Å². The van der Waals surface area contributed by atoms with Crippen LogP contribution in [0.1, 0.15) is 32.7 Å².